The Morgan fingerprint density at radius 3 is 2.59 bits per heavy atom. The van der Waals surface area contributed by atoms with E-state index in [1.54, 1.807) is 11.3 Å². The zero-order valence-electron chi connectivity index (χ0n) is 11.7. The Balaban J connectivity index is 2.16. The van der Waals surface area contributed by atoms with E-state index in [2.05, 4.69) is 15.0 Å². The molecule has 0 radical (unpaired) electrons. The van der Waals surface area contributed by atoms with Crippen LogP contribution in [-0.4, -0.2) is 15.0 Å². The van der Waals surface area contributed by atoms with Gasteiger partial charge in [0.1, 0.15) is 17.5 Å². The number of thiazole rings is 1. The van der Waals surface area contributed by atoms with Crippen LogP contribution in [0.5, 0.6) is 0 Å². The first-order chi connectivity index (χ1) is 10.6. The molecule has 0 aliphatic carbocycles. The molecule has 0 saturated heterocycles. The Morgan fingerprint density at radius 2 is 1.91 bits per heavy atom. The second kappa shape index (κ2) is 5.42. The lowest BCUT2D eigenvalue weighted by Gasteiger charge is -2.07. The summed E-state index contributed by atoms with van der Waals surface area (Å²) < 4.78 is 0. The predicted octanol–water partition coefficient (Wildman–Crippen LogP) is 2.61. The van der Waals surface area contributed by atoms with Crippen molar-refractivity contribution in [1.82, 2.24) is 15.0 Å². The van der Waals surface area contributed by atoms with Gasteiger partial charge in [0.05, 0.1) is 16.4 Å². The molecule has 108 valence electrons. The van der Waals surface area contributed by atoms with E-state index in [-0.39, 0.29) is 17.3 Å². The van der Waals surface area contributed by atoms with Gasteiger partial charge in [-0.3, -0.25) is 0 Å². The lowest BCUT2D eigenvalue weighted by molar-refractivity contribution is 1.18. The predicted molar refractivity (Wildman–Crippen MR) is 86.9 cm³/mol. The number of anilines is 2. The Labute approximate surface area is 131 Å². The van der Waals surface area contributed by atoms with Crippen LogP contribution in [-0.2, 0) is 0 Å². The molecule has 0 atom stereocenters. The van der Waals surface area contributed by atoms with E-state index >= 15 is 0 Å². The molecule has 0 fully saturated rings. The SMILES string of the molecule is Cc1nc(-c2cccc(-c3nc(N)nc(N)c3C#N)c2)cs1. The summed E-state index contributed by atoms with van der Waals surface area (Å²) in [6.45, 7) is 1.96. The highest BCUT2D eigenvalue weighted by atomic mass is 32.1. The maximum atomic E-state index is 9.28. The van der Waals surface area contributed by atoms with Crippen molar-refractivity contribution in [1.29, 1.82) is 5.26 Å². The van der Waals surface area contributed by atoms with Gasteiger partial charge in [0.15, 0.2) is 0 Å². The van der Waals surface area contributed by atoms with Crippen LogP contribution in [0.3, 0.4) is 0 Å². The Kier molecular flexibility index (Phi) is 3.45. The highest BCUT2D eigenvalue weighted by Gasteiger charge is 2.14. The zero-order chi connectivity index (χ0) is 15.7. The zero-order valence-corrected chi connectivity index (χ0v) is 12.6. The van der Waals surface area contributed by atoms with Crippen molar-refractivity contribution in [2.24, 2.45) is 0 Å². The molecule has 0 amide bonds. The van der Waals surface area contributed by atoms with Crippen LogP contribution in [0, 0.1) is 18.3 Å². The second-order valence-corrected chi connectivity index (χ2v) is 5.70. The van der Waals surface area contributed by atoms with E-state index in [4.69, 9.17) is 11.5 Å². The van der Waals surface area contributed by atoms with Crippen molar-refractivity contribution in [3.63, 3.8) is 0 Å². The number of aryl methyl sites for hydroxylation is 1. The first-order valence-electron chi connectivity index (χ1n) is 6.44. The van der Waals surface area contributed by atoms with Crippen molar-refractivity contribution >= 4 is 23.1 Å². The number of rotatable bonds is 2. The maximum Gasteiger partial charge on any atom is 0.222 e. The third kappa shape index (κ3) is 2.47. The molecule has 22 heavy (non-hydrogen) atoms. The van der Waals surface area contributed by atoms with Gasteiger partial charge in [-0.25, -0.2) is 9.97 Å². The normalized spacial score (nSPS) is 10.4. The molecular formula is C15H12N6S. The lowest BCUT2D eigenvalue weighted by atomic mass is 10.0. The third-order valence-electron chi connectivity index (χ3n) is 3.12. The second-order valence-electron chi connectivity index (χ2n) is 4.64. The van der Waals surface area contributed by atoms with E-state index < -0.39 is 0 Å². The fourth-order valence-electron chi connectivity index (χ4n) is 2.14. The molecule has 3 rings (SSSR count). The van der Waals surface area contributed by atoms with E-state index in [0.29, 0.717) is 5.69 Å². The van der Waals surface area contributed by atoms with Crippen molar-refractivity contribution in [3.8, 4) is 28.6 Å². The summed E-state index contributed by atoms with van der Waals surface area (Å²) >= 11 is 1.58. The average molecular weight is 308 g/mol. The van der Waals surface area contributed by atoms with Crippen molar-refractivity contribution in [2.75, 3.05) is 11.5 Å². The lowest BCUT2D eigenvalue weighted by Crippen LogP contribution is -2.05. The van der Waals surface area contributed by atoms with Gasteiger partial charge in [-0.15, -0.1) is 11.3 Å². The van der Waals surface area contributed by atoms with Gasteiger partial charge in [0.25, 0.3) is 0 Å². The summed E-state index contributed by atoms with van der Waals surface area (Å²) in [6, 6.07) is 9.64. The number of nitrogens with two attached hydrogens (primary N) is 2. The molecule has 7 heteroatoms. The van der Waals surface area contributed by atoms with E-state index in [0.717, 1.165) is 21.8 Å². The molecule has 0 aliphatic heterocycles. The van der Waals surface area contributed by atoms with Gasteiger partial charge in [-0.1, -0.05) is 18.2 Å². The average Bonchev–Trinajstić information content (AvgIpc) is 2.93. The molecular weight excluding hydrogens is 296 g/mol. The molecule has 0 bridgehead atoms. The minimum Gasteiger partial charge on any atom is -0.382 e. The van der Waals surface area contributed by atoms with Crippen LogP contribution in [0.15, 0.2) is 29.6 Å². The topological polar surface area (TPSA) is 114 Å². The van der Waals surface area contributed by atoms with E-state index in [1.807, 2.05) is 42.6 Å². The van der Waals surface area contributed by atoms with Crippen LogP contribution >= 0.6 is 11.3 Å². The minimum atomic E-state index is 0.0430. The number of aromatic nitrogens is 3. The Bertz CT molecular complexity index is 893. The summed E-state index contributed by atoms with van der Waals surface area (Å²) in [6.07, 6.45) is 0. The minimum absolute atomic E-state index is 0.0430. The smallest absolute Gasteiger partial charge is 0.222 e. The van der Waals surface area contributed by atoms with Gasteiger partial charge >= 0.3 is 0 Å². The van der Waals surface area contributed by atoms with Crippen LogP contribution in [0.25, 0.3) is 22.5 Å². The molecule has 1 aromatic carbocycles. The first-order valence-corrected chi connectivity index (χ1v) is 7.32. The number of hydrogen-bond donors (Lipinski definition) is 2. The molecule has 4 N–H and O–H groups in total. The van der Waals surface area contributed by atoms with Crippen LogP contribution in [0.4, 0.5) is 11.8 Å². The summed E-state index contributed by atoms with van der Waals surface area (Å²) in [7, 11) is 0. The number of nitrogen functional groups attached to an aromatic ring is 2. The van der Waals surface area contributed by atoms with Gasteiger partial charge in [0, 0.05) is 16.5 Å². The fourth-order valence-corrected chi connectivity index (χ4v) is 2.76. The number of benzene rings is 1. The quantitative estimate of drug-likeness (QED) is 0.752. The highest BCUT2D eigenvalue weighted by Crippen LogP contribution is 2.29. The van der Waals surface area contributed by atoms with Crippen molar-refractivity contribution in [3.05, 3.63) is 40.2 Å². The van der Waals surface area contributed by atoms with E-state index in [9.17, 15) is 5.26 Å². The van der Waals surface area contributed by atoms with Crippen molar-refractivity contribution in [2.45, 2.75) is 6.92 Å². The van der Waals surface area contributed by atoms with Crippen molar-refractivity contribution < 1.29 is 0 Å². The molecule has 2 heterocycles. The van der Waals surface area contributed by atoms with E-state index in [1.165, 1.54) is 0 Å². The molecule has 3 aromatic rings. The van der Waals surface area contributed by atoms with Gasteiger partial charge < -0.3 is 11.5 Å². The molecule has 2 aromatic heterocycles. The van der Waals surface area contributed by atoms with Gasteiger partial charge in [0.2, 0.25) is 5.95 Å². The Hall–Kier alpha value is -2.98. The maximum absolute atomic E-state index is 9.28. The molecule has 0 unspecified atom stereocenters. The summed E-state index contributed by atoms with van der Waals surface area (Å²) in [5.41, 5.74) is 14.6. The molecule has 0 spiro atoms. The number of nitriles is 1. The molecule has 6 nitrogen and oxygen atoms in total. The monoisotopic (exact) mass is 308 g/mol. The standard InChI is InChI=1S/C15H12N6S/c1-8-19-12(7-22-8)9-3-2-4-10(5-9)13-11(6-16)14(17)21-15(18)20-13/h2-5,7H,1H3,(H4,17,18,20,21). The summed E-state index contributed by atoms with van der Waals surface area (Å²) in [5, 5.41) is 12.3. The molecule has 0 aliphatic rings. The van der Waals surface area contributed by atoms with Crippen LogP contribution in [0.2, 0.25) is 0 Å². The number of hydrogen-bond acceptors (Lipinski definition) is 7. The van der Waals surface area contributed by atoms with Gasteiger partial charge in [-0.05, 0) is 13.0 Å². The fraction of sp³-hybridized carbons (Fsp3) is 0.0667. The summed E-state index contributed by atoms with van der Waals surface area (Å²) in [5.74, 6) is 0.126. The molecule has 0 saturated carbocycles. The van der Waals surface area contributed by atoms with Gasteiger partial charge in [-0.2, -0.15) is 10.2 Å². The van der Waals surface area contributed by atoms with Crippen LogP contribution in [0.1, 0.15) is 10.6 Å². The first kappa shape index (κ1) is 14.0. The Morgan fingerprint density at radius 1 is 1.14 bits per heavy atom. The largest absolute Gasteiger partial charge is 0.382 e. The summed E-state index contributed by atoms with van der Waals surface area (Å²) in [4.78, 5) is 12.5. The highest BCUT2D eigenvalue weighted by molar-refractivity contribution is 7.09. The van der Waals surface area contributed by atoms with Crippen LogP contribution < -0.4 is 11.5 Å². The third-order valence-corrected chi connectivity index (χ3v) is 3.89. The number of nitrogens with zero attached hydrogens (tertiary/aromatic N) is 4.